The maximum Gasteiger partial charge on any atom is 0.0685 e. The Morgan fingerprint density at radius 1 is 1.12 bits per heavy atom. The van der Waals surface area contributed by atoms with Crippen LogP contribution in [0.4, 0.5) is 0 Å². The molecule has 0 spiro atoms. The molecule has 1 aromatic carbocycles. The van der Waals surface area contributed by atoms with Crippen LogP contribution in [0.25, 0.3) is 0 Å². The molecule has 0 aromatic heterocycles. The Kier molecular flexibility index (Phi) is 4.11. The van der Waals surface area contributed by atoms with Gasteiger partial charge in [0.05, 0.1) is 12.1 Å². The largest absolute Gasteiger partial charge is 0.379 e. The minimum atomic E-state index is -0.404. The smallest absolute Gasteiger partial charge is 0.0685 e. The van der Waals surface area contributed by atoms with Gasteiger partial charge in [0.25, 0.3) is 0 Å². The summed E-state index contributed by atoms with van der Waals surface area (Å²) in [6.07, 6.45) is 0. The molecular formula is C14H23NO. The van der Waals surface area contributed by atoms with Crippen LogP contribution in [0.3, 0.4) is 0 Å². The van der Waals surface area contributed by atoms with Crippen molar-refractivity contribution in [3.05, 3.63) is 34.4 Å². The number of hydrogen-bond donors (Lipinski definition) is 1. The lowest BCUT2D eigenvalue weighted by Gasteiger charge is -2.27. The van der Waals surface area contributed by atoms with E-state index in [9.17, 15) is 0 Å². The molecule has 2 nitrogen and oxygen atoms in total. The third-order valence-corrected chi connectivity index (χ3v) is 3.06. The highest BCUT2D eigenvalue weighted by Gasteiger charge is 2.23. The van der Waals surface area contributed by atoms with Crippen molar-refractivity contribution in [2.75, 3.05) is 13.2 Å². The Balaban J connectivity index is 3.07. The summed E-state index contributed by atoms with van der Waals surface area (Å²) in [6.45, 7) is 11.6. The van der Waals surface area contributed by atoms with Gasteiger partial charge in [-0.1, -0.05) is 12.1 Å². The standard InChI is InChI=1S/C14H23NO/c1-6-16-9-14(5,15)13-8-11(3)10(2)7-12(13)4/h7-8H,6,9,15H2,1-5H3. The van der Waals surface area contributed by atoms with E-state index in [1.165, 1.54) is 22.3 Å². The second-order valence-electron chi connectivity index (χ2n) is 4.81. The van der Waals surface area contributed by atoms with Gasteiger partial charge < -0.3 is 10.5 Å². The Hall–Kier alpha value is -0.860. The molecule has 90 valence electrons. The Bertz CT molecular complexity index is 369. The molecule has 0 saturated carbocycles. The van der Waals surface area contributed by atoms with E-state index in [0.717, 1.165) is 0 Å². The van der Waals surface area contributed by atoms with Gasteiger partial charge in [-0.3, -0.25) is 0 Å². The molecule has 1 unspecified atom stereocenters. The van der Waals surface area contributed by atoms with Crippen LogP contribution in [0, 0.1) is 20.8 Å². The normalized spacial score (nSPS) is 14.9. The first-order valence-corrected chi connectivity index (χ1v) is 5.83. The van der Waals surface area contributed by atoms with Crippen LogP contribution in [-0.4, -0.2) is 13.2 Å². The summed E-state index contributed by atoms with van der Waals surface area (Å²) in [7, 11) is 0. The monoisotopic (exact) mass is 221 g/mol. The zero-order chi connectivity index (χ0) is 12.3. The molecular weight excluding hydrogens is 198 g/mol. The first kappa shape index (κ1) is 13.2. The van der Waals surface area contributed by atoms with E-state index < -0.39 is 5.54 Å². The Morgan fingerprint density at radius 3 is 2.25 bits per heavy atom. The zero-order valence-electron chi connectivity index (χ0n) is 11.1. The fourth-order valence-electron chi connectivity index (χ4n) is 1.97. The predicted molar refractivity (Wildman–Crippen MR) is 68.7 cm³/mol. The van der Waals surface area contributed by atoms with Crippen LogP contribution in [0.5, 0.6) is 0 Å². The van der Waals surface area contributed by atoms with E-state index >= 15 is 0 Å². The van der Waals surface area contributed by atoms with Crippen LogP contribution in [-0.2, 0) is 10.3 Å². The van der Waals surface area contributed by atoms with Crippen molar-refractivity contribution in [1.82, 2.24) is 0 Å². The van der Waals surface area contributed by atoms with Gasteiger partial charge in [0, 0.05) is 6.61 Å². The van der Waals surface area contributed by atoms with Crippen molar-refractivity contribution in [2.24, 2.45) is 5.73 Å². The maximum absolute atomic E-state index is 6.32. The molecule has 0 radical (unpaired) electrons. The van der Waals surface area contributed by atoms with Crippen molar-refractivity contribution in [3.63, 3.8) is 0 Å². The van der Waals surface area contributed by atoms with E-state index in [0.29, 0.717) is 13.2 Å². The lowest BCUT2D eigenvalue weighted by Crippen LogP contribution is -2.39. The van der Waals surface area contributed by atoms with Crippen LogP contribution >= 0.6 is 0 Å². The highest BCUT2D eigenvalue weighted by atomic mass is 16.5. The molecule has 2 heteroatoms. The summed E-state index contributed by atoms with van der Waals surface area (Å²) in [5, 5.41) is 0. The number of nitrogens with two attached hydrogens (primary N) is 1. The quantitative estimate of drug-likeness (QED) is 0.848. The zero-order valence-corrected chi connectivity index (χ0v) is 11.1. The first-order valence-electron chi connectivity index (χ1n) is 5.83. The van der Waals surface area contributed by atoms with Crippen molar-refractivity contribution < 1.29 is 4.74 Å². The average molecular weight is 221 g/mol. The molecule has 16 heavy (non-hydrogen) atoms. The van der Waals surface area contributed by atoms with E-state index in [-0.39, 0.29) is 0 Å². The van der Waals surface area contributed by atoms with E-state index in [4.69, 9.17) is 10.5 Å². The third-order valence-electron chi connectivity index (χ3n) is 3.06. The lowest BCUT2D eigenvalue weighted by molar-refractivity contribution is 0.101. The van der Waals surface area contributed by atoms with Gasteiger partial charge in [-0.15, -0.1) is 0 Å². The van der Waals surface area contributed by atoms with Gasteiger partial charge in [-0.05, 0) is 56.9 Å². The molecule has 0 aliphatic rings. The van der Waals surface area contributed by atoms with Gasteiger partial charge in [0.15, 0.2) is 0 Å². The third kappa shape index (κ3) is 2.83. The molecule has 1 atom stereocenters. The first-order chi connectivity index (χ1) is 7.38. The summed E-state index contributed by atoms with van der Waals surface area (Å²) in [4.78, 5) is 0. The summed E-state index contributed by atoms with van der Waals surface area (Å²) in [5.41, 5.74) is 10.9. The van der Waals surface area contributed by atoms with Gasteiger partial charge in [-0.25, -0.2) is 0 Å². The lowest BCUT2D eigenvalue weighted by atomic mass is 9.87. The summed E-state index contributed by atoms with van der Waals surface area (Å²) < 4.78 is 5.45. The van der Waals surface area contributed by atoms with Gasteiger partial charge in [-0.2, -0.15) is 0 Å². The average Bonchev–Trinajstić information content (AvgIpc) is 2.20. The highest BCUT2D eigenvalue weighted by molar-refractivity contribution is 5.40. The van der Waals surface area contributed by atoms with Crippen molar-refractivity contribution in [1.29, 1.82) is 0 Å². The summed E-state index contributed by atoms with van der Waals surface area (Å²) >= 11 is 0. The SMILES string of the molecule is CCOCC(C)(N)c1cc(C)c(C)cc1C. The highest BCUT2D eigenvalue weighted by Crippen LogP contribution is 2.25. The van der Waals surface area contributed by atoms with Crippen LogP contribution in [0.1, 0.15) is 36.1 Å². The van der Waals surface area contributed by atoms with Crippen molar-refractivity contribution in [3.8, 4) is 0 Å². The molecule has 2 N–H and O–H groups in total. The minimum absolute atomic E-state index is 0.404. The van der Waals surface area contributed by atoms with Crippen LogP contribution in [0.2, 0.25) is 0 Å². The Labute approximate surface area is 98.8 Å². The molecule has 0 aliphatic heterocycles. The molecule has 1 aromatic rings. The molecule has 0 aliphatic carbocycles. The fourth-order valence-corrected chi connectivity index (χ4v) is 1.97. The molecule has 0 amide bonds. The summed E-state index contributed by atoms with van der Waals surface area (Å²) in [5.74, 6) is 0. The molecule has 0 fully saturated rings. The molecule has 0 bridgehead atoms. The molecule has 0 heterocycles. The van der Waals surface area contributed by atoms with Crippen LogP contribution in [0.15, 0.2) is 12.1 Å². The second-order valence-corrected chi connectivity index (χ2v) is 4.81. The number of benzene rings is 1. The maximum atomic E-state index is 6.32. The van der Waals surface area contributed by atoms with E-state index in [1.807, 2.05) is 13.8 Å². The number of hydrogen-bond acceptors (Lipinski definition) is 2. The summed E-state index contributed by atoms with van der Waals surface area (Å²) in [6, 6.07) is 4.38. The van der Waals surface area contributed by atoms with Crippen molar-refractivity contribution >= 4 is 0 Å². The van der Waals surface area contributed by atoms with E-state index in [1.54, 1.807) is 0 Å². The van der Waals surface area contributed by atoms with Crippen LogP contribution < -0.4 is 5.73 Å². The Morgan fingerprint density at radius 2 is 1.69 bits per heavy atom. The van der Waals surface area contributed by atoms with Gasteiger partial charge in [0.2, 0.25) is 0 Å². The number of aryl methyl sites for hydroxylation is 3. The van der Waals surface area contributed by atoms with Gasteiger partial charge in [0.1, 0.15) is 0 Å². The van der Waals surface area contributed by atoms with Crippen molar-refractivity contribution in [2.45, 2.75) is 40.2 Å². The number of rotatable bonds is 4. The minimum Gasteiger partial charge on any atom is -0.379 e. The molecule has 1 rings (SSSR count). The predicted octanol–water partition coefficient (Wildman–Crippen LogP) is 2.82. The topological polar surface area (TPSA) is 35.2 Å². The second kappa shape index (κ2) is 4.98. The van der Waals surface area contributed by atoms with Gasteiger partial charge >= 0.3 is 0 Å². The van der Waals surface area contributed by atoms with E-state index in [2.05, 4.69) is 32.9 Å². The molecule has 0 saturated heterocycles. The number of ether oxygens (including phenoxy) is 1. The fraction of sp³-hybridized carbons (Fsp3) is 0.571.